The van der Waals surface area contributed by atoms with Gasteiger partial charge in [-0.25, -0.2) is 0 Å². The molecule has 2 aliphatic rings. The number of amides is 1. The lowest BCUT2D eigenvalue weighted by Crippen LogP contribution is -2.49. The Morgan fingerprint density at radius 3 is 2.59 bits per heavy atom. The number of aliphatic imine (C=N–C) groups is 1. The van der Waals surface area contributed by atoms with Gasteiger partial charge in [0.15, 0.2) is 5.96 Å². The quantitative estimate of drug-likeness (QED) is 0.424. The van der Waals surface area contributed by atoms with Crippen LogP contribution in [0.25, 0.3) is 0 Å². The smallest absolute Gasteiger partial charge is 0.253 e. The number of anilines is 1. The molecule has 1 aromatic carbocycles. The van der Waals surface area contributed by atoms with Gasteiger partial charge in [0, 0.05) is 38.5 Å². The van der Waals surface area contributed by atoms with Gasteiger partial charge in [-0.3, -0.25) is 14.7 Å². The van der Waals surface area contributed by atoms with Gasteiger partial charge in [0.1, 0.15) is 6.10 Å². The number of hydrogen-bond donors (Lipinski definition) is 3. The Hall–Kier alpha value is -2.12. The number of carbonyl (C=O) groups is 1. The van der Waals surface area contributed by atoms with Crippen LogP contribution in [0.2, 0.25) is 0 Å². The molecule has 2 fully saturated rings. The molecule has 0 aliphatic carbocycles. The summed E-state index contributed by atoms with van der Waals surface area (Å²) in [7, 11) is 1.81. The molecule has 0 spiro atoms. The summed E-state index contributed by atoms with van der Waals surface area (Å²) in [4.78, 5) is 19.4. The van der Waals surface area contributed by atoms with E-state index < -0.39 is 0 Å². The van der Waals surface area contributed by atoms with Crippen LogP contribution < -0.4 is 16.0 Å². The Kier molecular flexibility index (Phi) is 9.81. The number of carbonyl (C=O) groups excluding carboxylic acids is 1. The van der Waals surface area contributed by atoms with E-state index in [-0.39, 0.29) is 12.0 Å². The number of guanidine groups is 1. The lowest BCUT2D eigenvalue weighted by molar-refractivity contribution is -0.124. The molecular weight excluding hydrogens is 402 g/mol. The molecule has 2 saturated heterocycles. The summed E-state index contributed by atoms with van der Waals surface area (Å²) in [6.45, 7) is 9.20. The zero-order valence-corrected chi connectivity index (χ0v) is 20.0. The molecule has 0 radical (unpaired) electrons. The van der Waals surface area contributed by atoms with Crippen LogP contribution in [-0.4, -0.2) is 62.2 Å². The highest BCUT2D eigenvalue weighted by atomic mass is 16.5. The van der Waals surface area contributed by atoms with E-state index in [4.69, 9.17) is 4.74 Å². The SMILES string of the molecule is CN=C(NCc1cccc(NC(=O)C2CCCO2)c1)NCC(C(C)C)N1CCCCCC1. The summed E-state index contributed by atoms with van der Waals surface area (Å²) >= 11 is 0. The highest BCUT2D eigenvalue weighted by molar-refractivity contribution is 5.94. The predicted molar refractivity (Wildman–Crippen MR) is 131 cm³/mol. The van der Waals surface area contributed by atoms with E-state index >= 15 is 0 Å². The summed E-state index contributed by atoms with van der Waals surface area (Å²) in [6, 6.07) is 8.44. The maximum Gasteiger partial charge on any atom is 0.253 e. The summed E-state index contributed by atoms with van der Waals surface area (Å²) in [5, 5.41) is 9.92. The van der Waals surface area contributed by atoms with Crippen LogP contribution in [0, 0.1) is 5.92 Å². The van der Waals surface area contributed by atoms with Crippen LogP contribution in [0.5, 0.6) is 0 Å². The zero-order valence-electron chi connectivity index (χ0n) is 20.0. The molecule has 2 aliphatic heterocycles. The fourth-order valence-electron chi connectivity index (χ4n) is 4.59. The fourth-order valence-corrected chi connectivity index (χ4v) is 4.59. The lowest BCUT2D eigenvalue weighted by atomic mass is 10.0. The van der Waals surface area contributed by atoms with Gasteiger partial charge in [0.25, 0.3) is 5.91 Å². The molecule has 1 aromatic rings. The van der Waals surface area contributed by atoms with Crippen LogP contribution in [0.4, 0.5) is 5.69 Å². The topological polar surface area (TPSA) is 78.0 Å². The summed E-state index contributed by atoms with van der Waals surface area (Å²) in [5.74, 6) is 1.33. The van der Waals surface area contributed by atoms with E-state index in [0.29, 0.717) is 25.1 Å². The van der Waals surface area contributed by atoms with E-state index in [1.54, 1.807) is 0 Å². The third kappa shape index (κ3) is 7.48. The Bertz CT molecular complexity index is 738. The lowest BCUT2D eigenvalue weighted by Gasteiger charge is -2.34. The van der Waals surface area contributed by atoms with Crippen molar-refractivity contribution in [1.29, 1.82) is 0 Å². The molecule has 3 N–H and O–H groups in total. The number of rotatable bonds is 8. The second-order valence-electron chi connectivity index (χ2n) is 9.26. The molecule has 2 unspecified atom stereocenters. The molecular formula is C25H41N5O2. The van der Waals surface area contributed by atoms with Gasteiger partial charge >= 0.3 is 0 Å². The van der Waals surface area contributed by atoms with Crippen molar-refractivity contribution in [3.63, 3.8) is 0 Å². The van der Waals surface area contributed by atoms with E-state index in [1.165, 1.54) is 38.8 Å². The van der Waals surface area contributed by atoms with E-state index in [9.17, 15) is 4.79 Å². The van der Waals surface area contributed by atoms with Crippen molar-refractivity contribution in [3.05, 3.63) is 29.8 Å². The fraction of sp³-hybridized carbons (Fsp3) is 0.680. The minimum Gasteiger partial charge on any atom is -0.368 e. The normalized spacial score (nSPS) is 21.2. The summed E-state index contributed by atoms with van der Waals surface area (Å²) < 4.78 is 5.47. The third-order valence-electron chi connectivity index (χ3n) is 6.46. The van der Waals surface area contributed by atoms with Crippen molar-refractivity contribution in [1.82, 2.24) is 15.5 Å². The van der Waals surface area contributed by atoms with Crippen molar-refractivity contribution in [3.8, 4) is 0 Å². The van der Waals surface area contributed by atoms with E-state index in [2.05, 4.69) is 45.8 Å². The molecule has 178 valence electrons. The standard InChI is InChI=1S/C25H41N5O2/c1-19(2)22(30-13-6-4-5-7-14-30)18-28-25(26-3)27-17-20-10-8-11-21(16-20)29-24(31)23-12-9-15-32-23/h8,10-11,16,19,22-23H,4-7,9,12-15,17-18H2,1-3H3,(H,29,31)(H2,26,27,28). The predicted octanol–water partition coefficient (Wildman–Crippen LogP) is 3.37. The minimum absolute atomic E-state index is 0.0571. The van der Waals surface area contributed by atoms with Crippen molar-refractivity contribution in [2.24, 2.45) is 10.9 Å². The minimum atomic E-state index is -0.321. The number of benzene rings is 1. The van der Waals surface area contributed by atoms with E-state index in [0.717, 1.165) is 36.6 Å². The number of nitrogens with zero attached hydrogens (tertiary/aromatic N) is 2. The molecule has 2 heterocycles. The largest absolute Gasteiger partial charge is 0.368 e. The van der Waals surface area contributed by atoms with E-state index in [1.807, 2.05) is 25.2 Å². The first-order valence-electron chi connectivity index (χ1n) is 12.3. The molecule has 7 heteroatoms. The van der Waals surface area contributed by atoms with Gasteiger partial charge in [-0.15, -0.1) is 0 Å². The van der Waals surface area contributed by atoms with Crippen molar-refractivity contribution < 1.29 is 9.53 Å². The summed E-state index contributed by atoms with van der Waals surface area (Å²) in [5.41, 5.74) is 1.89. The second kappa shape index (κ2) is 12.8. The van der Waals surface area contributed by atoms with Crippen LogP contribution in [-0.2, 0) is 16.1 Å². The van der Waals surface area contributed by atoms with Gasteiger partial charge < -0.3 is 20.7 Å². The first-order valence-corrected chi connectivity index (χ1v) is 12.3. The number of ether oxygens (including phenoxy) is 1. The average molecular weight is 444 g/mol. The highest BCUT2D eigenvalue weighted by Gasteiger charge is 2.24. The first kappa shape index (κ1) is 24.5. The van der Waals surface area contributed by atoms with Crippen molar-refractivity contribution >= 4 is 17.6 Å². The molecule has 0 bridgehead atoms. The van der Waals surface area contributed by atoms with Gasteiger partial charge in [-0.2, -0.15) is 0 Å². The summed E-state index contributed by atoms with van der Waals surface area (Å²) in [6.07, 6.45) is 6.73. The molecule has 0 aromatic heterocycles. The monoisotopic (exact) mass is 443 g/mol. The first-order chi connectivity index (χ1) is 15.6. The number of nitrogens with one attached hydrogen (secondary N) is 3. The van der Waals surface area contributed by atoms with Gasteiger partial charge in [0.2, 0.25) is 0 Å². The van der Waals surface area contributed by atoms with Crippen LogP contribution in [0.3, 0.4) is 0 Å². The Morgan fingerprint density at radius 2 is 1.94 bits per heavy atom. The van der Waals surface area contributed by atoms with Crippen LogP contribution in [0.1, 0.15) is 57.9 Å². The molecule has 2 atom stereocenters. The van der Waals surface area contributed by atoms with Gasteiger partial charge in [-0.1, -0.05) is 38.8 Å². The van der Waals surface area contributed by atoms with Crippen molar-refractivity contribution in [2.45, 2.75) is 71.1 Å². The highest BCUT2D eigenvalue weighted by Crippen LogP contribution is 2.18. The molecule has 1 amide bonds. The maximum absolute atomic E-state index is 12.3. The Labute approximate surface area is 193 Å². The maximum atomic E-state index is 12.3. The molecule has 3 rings (SSSR count). The van der Waals surface area contributed by atoms with Crippen LogP contribution in [0.15, 0.2) is 29.3 Å². The molecule has 32 heavy (non-hydrogen) atoms. The molecule has 0 saturated carbocycles. The number of likely N-dealkylation sites (tertiary alicyclic amines) is 1. The second-order valence-corrected chi connectivity index (χ2v) is 9.26. The van der Waals surface area contributed by atoms with Crippen LogP contribution >= 0.6 is 0 Å². The van der Waals surface area contributed by atoms with Gasteiger partial charge in [0.05, 0.1) is 0 Å². The zero-order chi connectivity index (χ0) is 22.8. The molecule has 7 nitrogen and oxygen atoms in total. The average Bonchev–Trinajstić information content (AvgIpc) is 3.20. The van der Waals surface area contributed by atoms with Gasteiger partial charge in [-0.05, 0) is 62.4 Å². The van der Waals surface area contributed by atoms with Crippen molar-refractivity contribution in [2.75, 3.05) is 38.6 Å². The Morgan fingerprint density at radius 1 is 1.16 bits per heavy atom. The Balaban J connectivity index is 1.49. The number of hydrogen-bond acceptors (Lipinski definition) is 4. The third-order valence-corrected chi connectivity index (χ3v) is 6.46.